The van der Waals surface area contributed by atoms with E-state index in [1.54, 1.807) is 29.1 Å². The molecule has 0 aliphatic rings. The molecule has 0 unspecified atom stereocenters. The molecule has 1 heterocycles. The van der Waals surface area contributed by atoms with Crippen LogP contribution in [0.3, 0.4) is 0 Å². The van der Waals surface area contributed by atoms with Crippen LogP contribution in [0, 0.1) is 6.92 Å². The lowest BCUT2D eigenvalue weighted by atomic mass is 10.1. The lowest BCUT2D eigenvalue weighted by Crippen LogP contribution is -2.16. The minimum atomic E-state index is -0.00402. The number of halogens is 1. The Balaban J connectivity index is 2.61. The number of nitrogens with two attached hydrogens (primary N) is 1. The largest absolute Gasteiger partial charge is 0.409 e. The van der Waals surface area contributed by atoms with Gasteiger partial charge in [-0.05, 0) is 30.7 Å². The summed E-state index contributed by atoms with van der Waals surface area (Å²) in [6.45, 7) is 1.93. The maximum atomic E-state index is 8.75. The Morgan fingerprint density at radius 1 is 1.53 bits per heavy atom. The number of aryl methyl sites for hydroxylation is 1. The summed E-state index contributed by atoms with van der Waals surface area (Å²) in [4.78, 5) is 0. The number of oxime groups is 1. The molecule has 0 atom stereocenters. The monoisotopic (exact) mass is 250 g/mol. The smallest absolute Gasteiger partial charge is 0.172 e. The number of hydrogen-bond acceptors (Lipinski definition) is 3. The van der Waals surface area contributed by atoms with E-state index in [2.05, 4.69) is 10.3 Å². The molecule has 0 radical (unpaired) electrons. The van der Waals surface area contributed by atoms with E-state index >= 15 is 0 Å². The highest BCUT2D eigenvalue weighted by molar-refractivity contribution is 6.31. The fourth-order valence-corrected chi connectivity index (χ4v) is 1.68. The second-order valence-electron chi connectivity index (χ2n) is 3.61. The van der Waals surface area contributed by atoms with Gasteiger partial charge in [0.2, 0.25) is 0 Å². The predicted molar refractivity (Wildman–Crippen MR) is 65.8 cm³/mol. The van der Waals surface area contributed by atoms with E-state index in [-0.39, 0.29) is 5.84 Å². The molecule has 88 valence electrons. The van der Waals surface area contributed by atoms with Crippen molar-refractivity contribution in [3.63, 3.8) is 0 Å². The highest BCUT2D eigenvalue weighted by Crippen LogP contribution is 2.19. The summed E-state index contributed by atoms with van der Waals surface area (Å²) in [7, 11) is 0. The van der Waals surface area contributed by atoms with E-state index in [1.807, 2.05) is 13.1 Å². The molecule has 0 saturated heterocycles. The molecule has 2 rings (SSSR count). The number of benzene rings is 1. The van der Waals surface area contributed by atoms with Crippen LogP contribution < -0.4 is 5.73 Å². The third-order valence-corrected chi connectivity index (χ3v) is 2.54. The number of amidine groups is 1. The molecule has 17 heavy (non-hydrogen) atoms. The normalized spacial score (nSPS) is 11.8. The van der Waals surface area contributed by atoms with Crippen molar-refractivity contribution in [3.8, 4) is 5.69 Å². The van der Waals surface area contributed by atoms with Gasteiger partial charge in [-0.25, -0.2) is 4.68 Å². The summed E-state index contributed by atoms with van der Waals surface area (Å²) in [6, 6.07) is 5.12. The van der Waals surface area contributed by atoms with Crippen molar-refractivity contribution >= 4 is 17.4 Å². The van der Waals surface area contributed by atoms with Crippen LogP contribution in [0.5, 0.6) is 0 Å². The van der Waals surface area contributed by atoms with E-state index < -0.39 is 0 Å². The Labute approximate surface area is 103 Å². The molecule has 6 heteroatoms. The SMILES string of the molecule is Cc1cnn(-c2ccc(Cl)cc2C(N)=NO)c1. The number of rotatable bonds is 2. The molecule has 0 fully saturated rings. The van der Waals surface area contributed by atoms with Gasteiger partial charge in [-0.15, -0.1) is 0 Å². The van der Waals surface area contributed by atoms with Crippen LogP contribution in [0.4, 0.5) is 0 Å². The number of hydrogen-bond donors (Lipinski definition) is 2. The summed E-state index contributed by atoms with van der Waals surface area (Å²) < 4.78 is 1.65. The standard InChI is InChI=1S/C11H11ClN4O/c1-7-5-14-16(6-7)10-3-2-8(12)4-9(10)11(13)15-17/h2-6,17H,1H3,(H2,13,15). The highest BCUT2D eigenvalue weighted by Gasteiger charge is 2.10. The molecule has 0 amide bonds. The topological polar surface area (TPSA) is 76.4 Å². The van der Waals surface area contributed by atoms with Crippen LogP contribution in [0.25, 0.3) is 5.69 Å². The van der Waals surface area contributed by atoms with Crippen molar-refractivity contribution in [2.45, 2.75) is 6.92 Å². The van der Waals surface area contributed by atoms with Crippen LogP contribution in [0.15, 0.2) is 35.7 Å². The van der Waals surface area contributed by atoms with Gasteiger partial charge in [0.1, 0.15) is 0 Å². The minimum absolute atomic E-state index is 0.00402. The molecule has 0 spiro atoms. The molecule has 5 nitrogen and oxygen atoms in total. The van der Waals surface area contributed by atoms with Crippen LogP contribution in [-0.4, -0.2) is 20.8 Å². The number of aromatic nitrogens is 2. The molecule has 0 saturated carbocycles. The fourth-order valence-electron chi connectivity index (χ4n) is 1.51. The van der Waals surface area contributed by atoms with Crippen LogP contribution in [-0.2, 0) is 0 Å². The van der Waals surface area contributed by atoms with Gasteiger partial charge in [0.05, 0.1) is 11.9 Å². The Bertz CT molecular complexity index is 577. The molecule has 0 aliphatic carbocycles. The quantitative estimate of drug-likeness (QED) is 0.370. The van der Waals surface area contributed by atoms with Gasteiger partial charge >= 0.3 is 0 Å². The first-order valence-electron chi connectivity index (χ1n) is 4.91. The van der Waals surface area contributed by atoms with E-state index in [9.17, 15) is 0 Å². The predicted octanol–water partition coefficient (Wildman–Crippen LogP) is 1.93. The van der Waals surface area contributed by atoms with Gasteiger partial charge in [0.15, 0.2) is 5.84 Å². The third-order valence-electron chi connectivity index (χ3n) is 2.30. The van der Waals surface area contributed by atoms with Gasteiger partial charge in [0.25, 0.3) is 0 Å². The average molecular weight is 251 g/mol. The van der Waals surface area contributed by atoms with Crippen molar-refractivity contribution in [2.75, 3.05) is 0 Å². The molecule has 2 aromatic rings. The third kappa shape index (κ3) is 2.24. The molecule has 0 aliphatic heterocycles. The zero-order valence-corrected chi connectivity index (χ0v) is 9.89. The lowest BCUT2D eigenvalue weighted by Gasteiger charge is -2.08. The van der Waals surface area contributed by atoms with Gasteiger partial charge in [-0.1, -0.05) is 16.8 Å². The molecule has 0 bridgehead atoms. The van der Waals surface area contributed by atoms with Crippen molar-refractivity contribution in [2.24, 2.45) is 10.9 Å². The van der Waals surface area contributed by atoms with E-state index in [1.165, 1.54) is 0 Å². The first-order chi connectivity index (χ1) is 8.11. The summed E-state index contributed by atoms with van der Waals surface area (Å²) in [5, 5.41) is 16.4. The second-order valence-corrected chi connectivity index (χ2v) is 4.05. The number of nitrogens with zero attached hydrogens (tertiary/aromatic N) is 3. The molecule has 1 aromatic heterocycles. The lowest BCUT2D eigenvalue weighted by molar-refractivity contribution is 0.318. The summed E-state index contributed by atoms with van der Waals surface area (Å²) >= 11 is 5.89. The van der Waals surface area contributed by atoms with Crippen LogP contribution in [0.2, 0.25) is 5.02 Å². The Hall–Kier alpha value is -2.01. The van der Waals surface area contributed by atoms with E-state index in [0.29, 0.717) is 16.3 Å². The van der Waals surface area contributed by atoms with Gasteiger partial charge in [0, 0.05) is 16.8 Å². The van der Waals surface area contributed by atoms with Crippen molar-refractivity contribution in [1.82, 2.24) is 9.78 Å². The van der Waals surface area contributed by atoms with Crippen LogP contribution in [0.1, 0.15) is 11.1 Å². The Kier molecular flexibility index (Phi) is 3.01. The molecule has 1 aromatic carbocycles. The molecule has 3 N–H and O–H groups in total. The van der Waals surface area contributed by atoms with Crippen LogP contribution >= 0.6 is 11.6 Å². The maximum absolute atomic E-state index is 8.75. The van der Waals surface area contributed by atoms with Gasteiger partial charge < -0.3 is 10.9 Å². The second kappa shape index (κ2) is 4.47. The summed E-state index contributed by atoms with van der Waals surface area (Å²) in [6.07, 6.45) is 3.57. The first kappa shape index (κ1) is 11.5. The summed E-state index contributed by atoms with van der Waals surface area (Å²) in [5.41, 5.74) is 7.86. The fraction of sp³-hybridized carbons (Fsp3) is 0.0909. The van der Waals surface area contributed by atoms with Gasteiger partial charge in [-0.2, -0.15) is 5.10 Å². The zero-order chi connectivity index (χ0) is 12.4. The minimum Gasteiger partial charge on any atom is -0.409 e. The maximum Gasteiger partial charge on any atom is 0.172 e. The Morgan fingerprint density at radius 3 is 2.88 bits per heavy atom. The van der Waals surface area contributed by atoms with Crippen molar-refractivity contribution in [1.29, 1.82) is 0 Å². The first-order valence-corrected chi connectivity index (χ1v) is 5.28. The summed E-state index contributed by atoms with van der Waals surface area (Å²) in [5.74, 6) is -0.00402. The van der Waals surface area contributed by atoms with Gasteiger partial charge in [-0.3, -0.25) is 0 Å². The van der Waals surface area contributed by atoms with E-state index in [0.717, 1.165) is 5.56 Å². The molecular formula is C11H11ClN4O. The van der Waals surface area contributed by atoms with Crippen molar-refractivity contribution < 1.29 is 5.21 Å². The average Bonchev–Trinajstić information content (AvgIpc) is 2.74. The van der Waals surface area contributed by atoms with Crippen molar-refractivity contribution in [3.05, 3.63) is 46.7 Å². The Morgan fingerprint density at radius 2 is 2.29 bits per heavy atom. The molecular weight excluding hydrogens is 240 g/mol. The highest BCUT2D eigenvalue weighted by atomic mass is 35.5. The zero-order valence-electron chi connectivity index (χ0n) is 9.13. The van der Waals surface area contributed by atoms with E-state index in [4.69, 9.17) is 22.5 Å².